The highest BCUT2D eigenvalue weighted by Crippen LogP contribution is 2.25. The van der Waals surface area contributed by atoms with Gasteiger partial charge in [-0.1, -0.05) is 13.3 Å². The summed E-state index contributed by atoms with van der Waals surface area (Å²) in [4.78, 5) is 0. The Labute approximate surface area is 95.1 Å². The number of hydrogen-bond donors (Lipinski definition) is 1. The van der Waals surface area contributed by atoms with Crippen molar-refractivity contribution in [3.05, 3.63) is 29.8 Å². The first-order valence-electron chi connectivity index (χ1n) is 5.56. The number of aryl methyl sites for hydroxylation is 2. The van der Waals surface area contributed by atoms with Gasteiger partial charge in [0.15, 0.2) is 0 Å². The number of nitrogens with two attached hydrogens (primary N) is 1. The van der Waals surface area contributed by atoms with Gasteiger partial charge in [0.25, 0.3) is 0 Å². The molecular weight excluding hydrogens is 202 g/mol. The quantitative estimate of drug-likeness (QED) is 0.856. The fourth-order valence-corrected chi connectivity index (χ4v) is 1.79. The minimum absolute atomic E-state index is 0.434. The van der Waals surface area contributed by atoms with Crippen LogP contribution in [0.2, 0.25) is 0 Å². The van der Waals surface area contributed by atoms with E-state index in [2.05, 4.69) is 12.0 Å². The summed E-state index contributed by atoms with van der Waals surface area (Å²) in [6.45, 7) is 2.58. The van der Waals surface area contributed by atoms with Crippen LogP contribution in [0.5, 0.6) is 0 Å². The van der Waals surface area contributed by atoms with Gasteiger partial charge in [-0.2, -0.15) is 5.10 Å². The molecule has 2 aromatic rings. The van der Waals surface area contributed by atoms with Crippen LogP contribution in [0.25, 0.3) is 11.3 Å². The van der Waals surface area contributed by atoms with E-state index >= 15 is 0 Å². The lowest BCUT2D eigenvalue weighted by atomic mass is 10.1. The third kappa shape index (κ3) is 2.02. The Hall–Kier alpha value is -1.55. The molecule has 0 unspecified atom stereocenters. The first kappa shape index (κ1) is 11.0. The Kier molecular flexibility index (Phi) is 3.10. The van der Waals surface area contributed by atoms with E-state index in [1.807, 2.05) is 30.1 Å². The van der Waals surface area contributed by atoms with Gasteiger partial charge < -0.3 is 10.2 Å². The highest BCUT2D eigenvalue weighted by atomic mass is 16.3. The molecule has 0 fully saturated rings. The zero-order valence-corrected chi connectivity index (χ0v) is 9.73. The minimum atomic E-state index is 0.434. The van der Waals surface area contributed by atoms with Gasteiger partial charge in [-0.05, 0) is 18.6 Å². The van der Waals surface area contributed by atoms with Gasteiger partial charge in [0.2, 0.25) is 0 Å². The van der Waals surface area contributed by atoms with Crippen LogP contribution in [-0.2, 0) is 20.0 Å². The molecular formula is C12H17N3O. The topological polar surface area (TPSA) is 57.0 Å². The predicted octanol–water partition coefficient (Wildman–Crippen LogP) is 2.09. The zero-order valence-electron chi connectivity index (χ0n) is 9.73. The lowest BCUT2D eigenvalue weighted by Crippen LogP contribution is -1.92. The molecule has 0 radical (unpaired) electrons. The molecule has 0 atom stereocenters. The van der Waals surface area contributed by atoms with Crippen LogP contribution in [0.3, 0.4) is 0 Å². The Balaban J connectivity index is 2.37. The van der Waals surface area contributed by atoms with E-state index in [1.165, 1.54) is 0 Å². The molecule has 4 nitrogen and oxygen atoms in total. The molecule has 0 saturated heterocycles. The van der Waals surface area contributed by atoms with E-state index < -0.39 is 0 Å². The molecule has 0 aliphatic rings. The molecule has 4 heteroatoms. The summed E-state index contributed by atoms with van der Waals surface area (Å²) >= 11 is 0. The third-order valence-electron chi connectivity index (χ3n) is 2.52. The van der Waals surface area contributed by atoms with Gasteiger partial charge in [-0.25, -0.2) is 0 Å². The Morgan fingerprint density at radius 3 is 2.88 bits per heavy atom. The molecule has 2 aromatic heterocycles. The minimum Gasteiger partial charge on any atom is -0.460 e. The largest absolute Gasteiger partial charge is 0.460 e. The molecule has 16 heavy (non-hydrogen) atoms. The summed E-state index contributed by atoms with van der Waals surface area (Å²) in [6, 6.07) is 3.87. The van der Waals surface area contributed by atoms with Gasteiger partial charge >= 0.3 is 0 Å². The Morgan fingerprint density at radius 2 is 2.25 bits per heavy atom. The SMILES string of the molecule is CCCc1nn(C)cc1-c1ccc(CN)o1. The number of hydrogen-bond acceptors (Lipinski definition) is 3. The lowest BCUT2D eigenvalue weighted by Gasteiger charge is -1.96. The maximum absolute atomic E-state index is 5.64. The molecule has 0 aliphatic heterocycles. The fraction of sp³-hybridized carbons (Fsp3) is 0.417. The molecule has 2 rings (SSSR count). The van der Waals surface area contributed by atoms with Crippen LogP contribution in [0, 0.1) is 0 Å². The number of nitrogens with zero attached hydrogens (tertiary/aromatic N) is 2. The van der Waals surface area contributed by atoms with Gasteiger partial charge in [0.1, 0.15) is 11.5 Å². The molecule has 0 bridgehead atoms. The average molecular weight is 219 g/mol. The summed E-state index contributed by atoms with van der Waals surface area (Å²) in [6.07, 6.45) is 4.04. The van der Waals surface area contributed by atoms with Crippen LogP contribution in [-0.4, -0.2) is 9.78 Å². The van der Waals surface area contributed by atoms with E-state index in [9.17, 15) is 0 Å². The molecule has 0 aromatic carbocycles. The van der Waals surface area contributed by atoms with Crippen LogP contribution in [0.4, 0.5) is 0 Å². The average Bonchev–Trinajstić information content (AvgIpc) is 2.85. The summed E-state index contributed by atoms with van der Waals surface area (Å²) in [5.41, 5.74) is 7.69. The van der Waals surface area contributed by atoms with E-state index in [-0.39, 0.29) is 0 Å². The summed E-state index contributed by atoms with van der Waals surface area (Å²) in [5, 5.41) is 4.44. The molecule has 2 heterocycles. The van der Waals surface area contributed by atoms with Crippen molar-refractivity contribution in [2.24, 2.45) is 12.8 Å². The van der Waals surface area contributed by atoms with Gasteiger partial charge in [-0.3, -0.25) is 4.68 Å². The Bertz CT molecular complexity index is 470. The van der Waals surface area contributed by atoms with Crippen LogP contribution in [0.1, 0.15) is 24.8 Å². The number of rotatable bonds is 4. The van der Waals surface area contributed by atoms with Crippen molar-refractivity contribution in [2.75, 3.05) is 0 Å². The summed E-state index contributed by atoms with van der Waals surface area (Å²) < 4.78 is 7.47. The number of furan rings is 1. The summed E-state index contributed by atoms with van der Waals surface area (Å²) in [5.74, 6) is 1.67. The molecule has 86 valence electrons. The molecule has 2 N–H and O–H groups in total. The fourth-order valence-electron chi connectivity index (χ4n) is 1.79. The molecule has 0 aliphatic carbocycles. The van der Waals surface area contributed by atoms with Crippen LogP contribution < -0.4 is 5.73 Å². The monoisotopic (exact) mass is 219 g/mol. The van der Waals surface area contributed by atoms with E-state index in [0.29, 0.717) is 6.54 Å². The van der Waals surface area contributed by atoms with Crippen molar-refractivity contribution in [1.82, 2.24) is 9.78 Å². The second-order valence-electron chi connectivity index (χ2n) is 3.88. The van der Waals surface area contributed by atoms with Crippen LogP contribution in [0.15, 0.2) is 22.7 Å². The van der Waals surface area contributed by atoms with E-state index in [0.717, 1.165) is 35.6 Å². The maximum atomic E-state index is 5.64. The second kappa shape index (κ2) is 4.53. The van der Waals surface area contributed by atoms with E-state index in [1.54, 1.807) is 0 Å². The van der Waals surface area contributed by atoms with Crippen molar-refractivity contribution >= 4 is 0 Å². The van der Waals surface area contributed by atoms with Gasteiger partial charge in [0, 0.05) is 13.2 Å². The zero-order chi connectivity index (χ0) is 11.5. The van der Waals surface area contributed by atoms with Crippen LogP contribution >= 0.6 is 0 Å². The standard InChI is InChI=1S/C12H17N3O/c1-3-4-11-10(8-15(2)14-11)12-6-5-9(7-13)16-12/h5-6,8H,3-4,7,13H2,1-2H3. The van der Waals surface area contributed by atoms with Gasteiger partial charge in [0.05, 0.1) is 17.8 Å². The highest BCUT2D eigenvalue weighted by molar-refractivity contribution is 5.59. The van der Waals surface area contributed by atoms with Crippen molar-refractivity contribution in [3.8, 4) is 11.3 Å². The smallest absolute Gasteiger partial charge is 0.137 e. The highest BCUT2D eigenvalue weighted by Gasteiger charge is 2.12. The van der Waals surface area contributed by atoms with Crippen molar-refractivity contribution < 1.29 is 4.42 Å². The summed E-state index contributed by atoms with van der Waals surface area (Å²) in [7, 11) is 1.93. The third-order valence-corrected chi connectivity index (χ3v) is 2.52. The normalized spacial score (nSPS) is 10.9. The maximum Gasteiger partial charge on any atom is 0.137 e. The van der Waals surface area contributed by atoms with Crippen molar-refractivity contribution in [3.63, 3.8) is 0 Å². The van der Waals surface area contributed by atoms with E-state index in [4.69, 9.17) is 10.2 Å². The van der Waals surface area contributed by atoms with Crippen molar-refractivity contribution in [1.29, 1.82) is 0 Å². The first-order valence-corrected chi connectivity index (χ1v) is 5.56. The molecule has 0 saturated carbocycles. The second-order valence-corrected chi connectivity index (χ2v) is 3.88. The molecule has 0 spiro atoms. The lowest BCUT2D eigenvalue weighted by molar-refractivity contribution is 0.525. The van der Waals surface area contributed by atoms with Gasteiger partial charge in [-0.15, -0.1) is 0 Å². The first-order chi connectivity index (χ1) is 7.74. The predicted molar refractivity (Wildman–Crippen MR) is 62.8 cm³/mol. The van der Waals surface area contributed by atoms with Crippen molar-refractivity contribution in [2.45, 2.75) is 26.3 Å². The number of aromatic nitrogens is 2. The molecule has 0 amide bonds. The Morgan fingerprint density at radius 1 is 1.44 bits per heavy atom.